The highest BCUT2D eigenvalue weighted by Gasteiger charge is 2.23. The van der Waals surface area contributed by atoms with Crippen molar-refractivity contribution in [2.75, 3.05) is 17.6 Å². The molecule has 1 atom stereocenters. The molecular weight excluding hydrogens is 352 g/mol. The van der Waals surface area contributed by atoms with Crippen molar-refractivity contribution in [3.63, 3.8) is 0 Å². The maximum Gasteiger partial charge on any atom is 0.233 e. The summed E-state index contributed by atoms with van der Waals surface area (Å²) in [5.41, 5.74) is 3.52. The number of likely N-dealkylation sites (tertiary alicyclic amines) is 1. The average Bonchev–Trinajstić information content (AvgIpc) is 3.04. The number of anilines is 2. The lowest BCUT2D eigenvalue weighted by atomic mass is 10.0. The first kappa shape index (κ1) is 18.2. The van der Waals surface area contributed by atoms with E-state index in [2.05, 4.69) is 48.4 Å². The normalized spacial score (nSPS) is 17.6. The minimum atomic E-state index is 0.205. The molecule has 3 rings (SSSR count). The Hall–Kier alpha value is -1.60. The van der Waals surface area contributed by atoms with E-state index >= 15 is 0 Å². The number of rotatable bonds is 5. The van der Waals surface area contributed by atoms with Crippen LogP contribution in [-0.2, 0) is 4.79 Å². The molecule has 1 saturated heterocycles. The molecule has 0 spiro atoms. The molecule has 0 saturated carbocycles. The summed E-state index contributed by atoms with van der Waals surface area (Å²) in [6, 6.07) is 6.59. The maximum atomic E-state index is 12.4. The molecule has 134 valence electrons. The van der Waals surface area contributed by atoms with E-state index in [1.54, 1.807) is 0 Å². The molecule has 1 aromatic heterocycles. The summed E-state index contributed by atoms with van der Waals surface area (Å²) in [6.45, 7) is 7.21. The number of hydrogen-bond donors (Lipinski definition) is 1. The number of amides is 1. The summed E-state index contributed by atoms with van der Waals surface area (Å²) in [7, 11) is 0. The molecule has 0 bridgehead atoms. The van der Waals surface area contributed by atoms with Gasteiger partial charge in [-0.2, -0.15) is 0 Å². The first-order valence-electron chi connectivity index (χ1n) is 8.63. The molecule has 1 aliphatic heterocycles. The van der Waals surface area contributed by atoms with Crippen LogP contribution >= 0.6 is 23.1 Å². The highest BCUT2D eigenvalue weighted by molar-refractivity contribution is 8.01. The Balaban J connectivity index is 1.54. The van der Waals surface area contributed by atoms with E-state index in [0.717, 1.165) is 34.5 Å². The van der Waals surface area contributed by atoms with E-state index in [1.807, 2.05) is 11.0 Å². The third-order valence-corrected chi connectivity index (χ3v) is 6.56. The Morgan fingerprint density at radius 2 is 2.16 bits per heavy atom. The third kappa shape index (κ3) is 4.73. The van der Waals surface area contributed by atoms with Crippen molar-refractivity contribution in [2.24, 2.45) is 0 Å². The van der Waals surface area contributed by atoms with Crippen molar-refractivity contribution in [3.05, 3.63) is 29.3 Å². The number of aromatic nitrogens is 2. The standard InChI is InChI=1S/C18H24N4OS2/c1-12-7-8-15(10-13(12)2)19-17-20-21-18(25-17)24-11-16(23)22-9-5-4-6-14(22)3/h7-8,10,14H,4-6,9,11H2,1-3H3,(H,19,20)/t14-/m0/s1. The van der Waals surface area contributed by atoms with Crippen molar-refractivity contribution in [3.8, 4) is 0 Å². The van der Waals surface area contributed by atoms with E-state index in [4.69, 9.17) is 0 Å². The van der Waals surface area contributed by atoms with Crippen LogP contribution in [0.5, 0.6) is 0 Å². The number of nitrogens with zero attached hydrogens (tertiary/aromatic N) is 3. The predicted octanol–water partition coefficient (Wildman–Crippen LogP) is 4.39. The van der Waals surface area contributed by atoms with Crippen molar-refractivity contribution in [1.82, 2.24) is 15.1 Å². The Labute approximate surface area is 157 Å². The van der Waals surface area contributed by atoms with Gasteiger partial charge < -0.3 is 10.2 Å². The van der Waals surface area contributed by atoms with Gasteiger partial charge in [0.25, 0.3) is 0 Å². The van der Waals surface area contributed by atoms with Crippen LogP contribution in [-0.4, -0.2) is 39.3 Å². The van der Waals surface area contributed by atoms with Crippen LogP contribution in [0.3, 0.4) is 0 Å². The van der Waals surface area contributed by atoms with Crippen molar-refractivity contribution in [1.29, 1.82) is 0 Å². The zero-order chi connectivity index (χ0) is 17.8. The van der Waals surface area contributed by atoms with Gasteiger partial charge in [0.1, 0.15) is 0 Å². The first-order chi connectivity index (χ1) is 12.0. The van der Waals surface area contributed by atoms with Crippen molar-refractivity contribution in [2.45, 2.75) is 50.4 Å². The second-order valence-electron chi connectivity index (χ2n) is 6.52. The van der Waals surface area contributed by atoms with Gasteiger partial charge in [0, 0.05) is 18.3 Å². The third-order valence-electron chi connectivity index (χ3n) is 4.61. The molecule has 0 radical (unpaired) electrons. The van der Waals surface area contributed by atoms with E-state index < -0.39 is 0 Å². The summed E-state index contributed by atoms with van der Waals surface area (Å²) in [4.78, 5) is 14.4. The lowest BCUT2D eigenvalue weighted by Crippen LogP contribution is -2.42. The average molecular weight is 377 g/mol. The molecule has 25 heavy (non-hydrogen) atoms. The van der Waals surface area contributed by atoms with Crippen LogP contribution in [0, 0.1) is 13.8 Å². The number of hydrogen-bond acceptors (Lipinski definition) is 6. The Morgan fingerprint density at radius 3 is 2.92 bits per heavy atom. The van der Waals surface area contributed by atoms with Gasteiger partial charge in [-0.25, -0.2) is 0 Å². The van der Waals surface area contributed by atoms with Gasteiger partial charge in [-0.1, -0.05) is 29.2 Å². The number of benzene rings is 1. The van der Waals surface area contributed by atoms with Gasteiger partial charge in [-0.3, -0.25) is 4.79 Å². The van der Waals surface area contributed by atoms with E-state index in [9.17, 15) is 4.79 Å². The Bertz CT molecular complexity index is 746. The number of nitrogens with one attached hydrogen (secondary N) is 1. The number of thioether (sulfide) groups is 1. The second-order valence-corrected chi connectivity index (χ2v) is 8.72. The van der Waals surface area contributed by atoms with Gasteiger partial charge in [0.2, 0.25) is 11.0 Å². The number of carbonyl (C=O) groups excluding carboxylic acids is 1. The summed E-state index contributed by atoms with van der Waals surface area (Å²) < 4.78 is 0.823. The fourth-order valence-corrected chi connectivity index (χ4v) is 4.59. The molecule has 2 heterocycles. The largest absolute Gasteiger partial charge is 0.339 e. The summed E-state index contributed by atoms with van der Waals surface area (Å²) >= 11 is 2.96. The monoisotopic (exact) mass is 376 g/mol. The molecule has 1 fully saturated rings. The van der Waals surface area contributed by atoms with Gasteiger partial charge in [0.15, 0.2) is 4.34 Å². The van der Waals surface area contributed by atoms with Crippen LogP contribution in [0.15, 0.2) is 22.5 Å². The van der Waals surface area contributed by atoms with Gasteiger partial charge in [-0.15, -0.1) is 10.2 Å². The van der Waals surface area contributed by atoms with E-state index in [0.29, 0.717) is 11.8 Å². The van der Waals surface area contributed by atoms with Crippen molar-refractivity contribution < 1.29 is 4.79 Å². The lowest BCUT2D eigenvalue weighted by molar-refractivity contribution is -0.131. The fourth-order valence-electron chi connectivity index (χ4n) is 2.94. The molecule has 1 aromatic carbocycles. The van der Waals surface area contributed by atoms with Crippen LogP contribution < -0.4 is 5.32 Å². The number of carbonyl (C=O) groups is 1. The minimum Gasteiger partial charge on any atom is -0.339 e. The fraction of sp³-hybridized carbons (Fsp3) is 0.500. The molecular formula is C18H24N4OS2. The molecule has 0 unspecified atom stereocenters. The molecule has 2 aromatic rings. The van der Waals surface area contributed by atoms with Gasteiger partial charge in [-0.05, 0) is 63.3 Å². The van der Waals surface area contributed by atoms with Gasteiger partial charge in [0.05, 0.1) is 5.75 Å². The smallest absolute Gasteiger partial charge is 0.233 e. The van der Waals surface area contributed by atoms with Gasteiger partial charge >= 0.3 is 0 Å². The Morgan fingerprint density at radius 1 is 1.32 bits per heavy atom. The van der Waals surface area contributed by atoms with Crippen LogP contribution in [0.4, 0.5) is 10.8 Å². The molecule has 5 nitrogen and oxygen atoms in total. The molecule has 1 aliphatic rings. The predicted molar refractivity (Wildman–Crippen MR) is 105 cm³/mol. The second kappa shape index (κ2) is 8.19. The van der Waals surface area contributed by atoms with E-state index in [-0.39, 0.29) is 5.91 Å². The topological polar surface area (TPSA) is 58.1 Å². The summed E-state index contributed by atoms with van der Waals surface area (Å²) in [5, 5.41) is 12.4. The zero-order valence-corrected chi connectivity index (χ0v) is 16.5. The van der Waals surface area contributed by atoms with Crippen LogP contribution in [0.2, 0.25) is 0 Å². The number of piperidine rings is 1. The van der Waals surface area contributed by atoms with E-state index in [1.165, 1.54) is 40.6 Å². The molecule has 0 aliphatic carbocycles. The highest BCUT2D eigenvalue weighted by atomic mass is 32.2. The lowest BCUT2D eigenvalue weighted by Gasteiger charge is -2.33. The number of aryl methyl sites for hydroxylation is 2. The molecule has 7 heteroatoms. The maximum absolute atomic E-state index is 12.4. The molecule has 1 N–H and O–H groups in total. The minimum absolute atomic E-state index is 0.205. The highest BCUT2D eigenvalue weighted by Crippen LogP contribution is 2.29. The van der Waals surface area contributed by atoms with Crippen LogP contribution in [0.1, 0.15) is 37.3 Å². The molecule has 1 amide bonds. The van der Waals surface area contributed by atoms with Crippen LogP contribution in [0.25, 0.3) is 0 Å². The SMILES string of the molecule is Cc1ccc(Nc2nnc(SCC(=O)N3CCCC[C@@H]3C)s2)cc1C. The quantitative estimate of drug-likeness (QED) is 0.784. The Kier molecular flexibility index (Phi) is 5.96. The first-order valence-corrected chi connectivity index (χ1v) is 10.4. The zero-order valence-electron chi connectivity index (χ0n) is 14.9. The summed E-state index contributed by atoms with van der Waals surface area (Å²) in [5.74, 6) is 0.638. The summed E-state index contributed by atoms with van der Waals surface area (Å²) in [6.07, 6.45) is 3.45. The van der Waals surface area contributed by atoms with Crippen molar-refractivity contribution >= 4 is 39.8 Å².